The number of hydrogen-bond donors (Lipinski definition) is 2. The maximum absolute atomic E-state index is 11.2. The molecule has 1 rings (SSSR count). The van der Waals surface area contributed by atoms with Gasteiger partial charge in [0.15, 0.2) is 0 Å². The van der Waals surface area contributed by atoms with Crippen molar-refractivity contribution in [3.63, 3.8) is 0 Å². The number of nitrogens with one attached hydrogen (secondary N) is 1. The first-order valence-electron chi connectivity index (χ1n) is 3.70. The van der Waals surface area contributed by atoms with Gasteiger partial charge in [0.05, 0.1) is 5.56 Å². The largest absolute Gasteiger partial charge is 0.508 e. The van der Waals surface area contributed by atoms with Crippen molar-refractivity contribution in [2.75, 3.05) is 7.05 Å². The van der Waals surface area contributed by atoms with Crippen LogP contribution in [0.5, 0.6) is 5.75 Å². The summed E-state index contributed by atoms with van der Waals surface area (Å²) in [6.07, 6.45) is 5.18. The molecule has 0 radical (unpaired) electrons. The molecule has 66 valence electrons. The van der Waals surface area contributed by atoms with Gasteiger partial charge in [-0.15, -0.1) is 6.42 Å². The van der Waals surface area contributed by atoms with Crippen LogP contribution in [0, 0.1) is 12.3 Å². The molecule has 13 heavy (non-hydrogen) atoms. The Hall–Kier alpha value is -1.95. The Kier molecular flexibility index (Phi) is 2.56. The summed E-state index contributed by atoms with van der Waals surface area (Å²) in [5.74, 6) is 2.09. The van der Waals surface area contributed by atoms with E-state index < -0.39 is 0 Å². The summed E-state index contributed by atoms with van der Waals surface area (Å²) >= 11 is 0. The van der Waals surface area contributed by atoms with Crippen LogP contribution < -0.4 is 5.32 Å². The third-order valence-electron chi connectivity index (χ3n) is 1.63. The molecule has 0 saturated heterocycles. The Morgan fingerprint density at radius 2 is 2.31 bits per heavy atom. The third-order valence-corrected chi connectivity index (χ3v) is 1.63. The van der Waals surface area contributed by atoms with E-state index in [0.717, 1.165) is 0 Å². The average Bonchev–Trinajstić information content (AvgIpc) is 2.16. The zero-order valence-electron chi connectivity index (χ0n) is 7.16. The van der Waals surface area contributed by atoms with Gasteiger partial charge >= 0.3 is 0 Å². The van der Waals surface area contributed by atoms with E-state index in [1.54, 1.807) is 0 Å². The van der Waals surface area contributed by atoms with Crippen molar-refractivity contribution in [2.24, 2.45) is 0 Å². The lowest BCUT2D eigenvalue weighted by molar-refractivity contribution is 0.0962. The first-order chi connectivity index (χ1) is 6.19. The number of hydrogen-bond acceptors (Lipinski definition) is 2. The lowest BCUT2D eigenvalue weighted by atomic mass is 10.1. The number of terminal acetylenes is 1. The van der Waals surface area contributed by atoms with Crippen LogP contribution in [-0.2, 0) is 0 Å². The average molecular weight is 175 g/mol. The molecule has 3 nitrogen and oxygen atoms in total. The molecule has 0 aliphatic rings. The van der Waals surface area contributed by atoms with E-state index >= 15 is 0 Å². The monoisotopic (exact) mass is 175 g/mol. The second-order valence-electron chi connectivity index (χ2n) is 2.45. The van der Waals surface area contributed by atoms with Crippen LogP contribution in [0.25, 0.3) is 0 Å². The zero-order valence-corrected chi connectivity index (χ0v) is 7.16. The molecule has 0 aromatic heterocycles. The number of carbonyl (C=O) groups is 1. The maximum atomic E-state index is 11.2. The van der Waals surface area contributed by atoms with Gasteiger partial charge in [0.1, 0.15) is 5.75 Å². The predicted octanol–water partition coefficient (Wildman–Crippen LogP) is 0.733. The Bertz CT molecular complexity index is 377. The van der Waals surface area contributed by atoms with Gasteiger partial charge in [-0.2, -0.15) is 0 Å². The predicted molar refractivity (Wildman–Crippen MR) is 49.4 cm³/mol. The molecular formula is C10H9NO2. The van der Waals surface area contributed by atoms with E-state index in [1.165, 1.54) is 25.2 Å². The van der Waals surface area contributed by atoms with Crippen molar-refractivity contribution in [1.82, 2.24) is 5.32 Å². The molecule has 1 aromatic rings. The minimum atomic E-state index is -0.302. The normalized spacial score (nSPS) is 8.92. The summed E-state index contributed by atoms with van der Waals surface area (Å²) < 4.78 is 0. The Balaban J connectivity index is 3.25. The zero-order chi connectivity index (χ0) is 9.84. The lowest BCUT2D eigenvalue weighted by Crippen LogP contribution is -2.18. The van der Waals surface area contributed by atoms with Crippen molar-refractivity contribution < 1.29 is 9.90 Å². The van der Waals surface area contributed by atoms with Gasteiger partial charge in [-0.25, -0.2) is 0 Å². The fourth-order valence-electron chi connectivity index (χ4n) is 0.981. The van der Waals surface area contributed by atoms with Gasteiger partial charge in [0.25, 0.3) is 5.91 Å². The van der Waals surface area contributed by atoms with E-state index in [4.69, 9.17) is 11.5 Å². The van der Waals surface area contributed by atoms with E-state index in [1.807, 2.05) is 0 Å². The van der Waals surface area contributed by atoms with Crippen LogP contribution in [0.1, 0.15) is 15.9 Å². The molecule has 0 atom stereocenters. The summed E-state index contributed by atoms with van der Waals surface area (Å²) in [5, 5.41) is 11.6. The molecule has 0 heterocycles. The van der Waals surface area contributed by atoms with Crippen LogP contribution in [0.3, 0.4) is 0 Å². The molecule has 1 amide bonds. The molecule has 0 unspecified atom stereocenters. The number of rotatable bonds is 1. The van der Waals surface area contributed by atoms with Crippen LogP contribution in [0.15, 0.2) is 18.2 Å². The Morgan fingerprint density at radius 1 is 1.62 bits per heavy atom. The van der Waals surface area contributed by atoms with Crippen LogP contribution in [-0.4, -0.2) is 18.1 Å². The fourth-order valence-corrected chi connectivity index (χ4v) is 0.981. The minimum Gasteiger partial charge on any atom is -0.508 e. The van der Waals surface area contributed by atoms with Gasteiger partial charge in [-0.3, -0.25) is 4.79 Å². The molecule has 0 fully saturated rings. The molecule has 0 saturated carbocycles. The highest BCUT2D eigenvalue weighted by molar-refractivity contribution is 5.96. The highest BCUT2D eigenvalue weighted by Gasteiger charge is 2.08. The molecule has 0 spiro atoms. The summed E-state index contributed by atoms with van der Waals surface area (Å²) in [5.41, 5.74) is 0.780. The molecule has 3 heteroatoms. The fraction of sp³-hybridized carbons (Fsp3) is 0.100. The lowest BCUT2D eigenvalue weighted by Gasteiger charge is -2.03. The number of benzene rings is 1. The van der Waals surface area contributed by atoms with E-state index in [-0.39, 0.29) is 11.7 Å². The number of aromatic hydroxyl groups is 1. The molecule has 0 aliphatic carbocycles. The summed E-state index contributed by atoms with van der Waals surface area (Å²) in [7, 11) is 1.51. The molecular weight excluding hydrogens is 166 g/mol. The first-order valence-corrected chi connectivity index (χ1v) is 3.70. The maximum Gasteiger partial charge on any atom is 0.252 e. The number of phenolic OH excluding ortho intramolecular Hbond substituents is 1. The van der Waals surface area contributed by atoms with Crippen molar-refractivity contribution in [3.8, 4) is 18.1 Å². The van der Waals surface area contributed by atoms with Crippen molar-refractivity contribution in [2.45, 2.75) is 0 Å². The van der Waals surface area contributed by atoms with Gasteiger partial charge in [0.2, 0.25) is 0 Å². The van der Waals surface area contributed by atoms with Crippen LogP contribution in [0.2, 0.25) is 0 Å². The summed E-state index contributed by atoms with van der Waals surface area (Å²) in [6.45, 7) is 0. The topological polar surface area (TPSA) is 49.3 Å². The van der Waals surface area contributed by atoms with Crippen molar-refractivity contribution >= 4 is 5.91 Å². The Morgan fingerprint density at radius 3 is 2.85 bits per heavy atom. The van der Waals surface area contributed by atoms with Crippen LogP contribution >= 0.6 is 0 Å². The second-order valence-corrected chi connectivity index (χ2v) is 2.45. The van der Waals surface area contributed by atoms with Gasteiger partial charge in [-0.1, -0.05) is 5.92 Å². The standard InChI is InChI=1S/C10H9NO2/c1-3-7-4-5-8(12)6-9(7)10(13)11-2/h1,4-6,12H,2H3,(H,11,13). The smallest absolute Gasteiger partial charge is 0.252 e. The Labute approximate surface area is 76.4 Å². The van der Waals surface area contributed by atoms with E-state index in [9.17, 15) is 4.79 Å². The second kappa shape index (κ2) is 3.63. The molecule has 1 aromatic carbocycles. The molecule has 0 aliphatic heterocycles. The first kappa shape index (κ1) is 9.14. The number of phenols is 1. The van der Waals surface area contributed by atoms with Gasteiger partial charge in [-0.05, 0) is 18.2 Å². The van der Waals surface area contributed by atoms with Crippen molar-refractivity contribution in [3.05, 3.63) is 29.3 Å². The minimum absolute atomic E-state index is 0.0256. The van der Waals surface area contributed by atoms with E-state index in [0.29, 0.717) is 11.1 Å². The quantitative estimate of drug-likeness (QED) is 0.618. The molecule has 2 N–H and O–H groups in total. The van der Waals surface area contributed by atoms with Gasteiger partial charge < -0.3 is 10.4 Å². The molecule has 0 bridgehead atoms. The van der Waals surface area contributed by atoms with E-state index in [2.05, 4.69) is 11.2 Å². The SMILES string of the molecule is C#Cc1ccc(O)cc1C(=O)NC. The van der Waals surface area contributed by atoms with Gasteiger partial charge in [0, 0.05) is 12.6 Å². The third kappa shape index (κ3) is 1.79. The van der Waals surface area contributed by atoms with Crippen molar-refractivity contribution in [1.29, 1.82) is 0 Å². The summed E-state index contributed by atoms with van der Waals surface area (Å²) in [4.78, 5) is 11.2. The summed E-state index contributed by atoms with van der Waals surface area (Å²) in [6, 6.07) is 4.32. The highest BCUT2D eigenvalue weighted by atomic mass is 16.3. The number of amides is 1. The number of carbonyl (C=O) groups excluding carboxylic acids is 1. The van der Waals surface area contributed by atoms with Crippen LogP contribution in [0.4, 0.5) is 0 Å². The highest BCUT2D eigenvalue weighted by Crippen LogP contribution is 2.15.